The maximum absolute atomic E-state index is 9.50. The molecule has 0 bridgehead atoms. The number of aliphatic hydroxyl groups excluding tert-OH is 1. The fourth-order valence-corrected chi connectivity index (χ4v) is 2.01. The van der Waals surface area contributed by atoms with Crippen molar-refractivity contribution in [2.45, 2.75) is 31.7 Å². The molecule has 100 valence electrons. The lowest BCUT2D eigenvalue weighted by molar-refractivity contribution is -0.0811. The summed E-state index contributed by atoms with van der Waals surface area (Å²) in [6, 6.07) is 7.80. The normalized spacial score (nSPS) is 23.9. The van der Waals surface area contributed by atoms with E-state index in [2.05, 4.69) is 0 Å². The summed E-state index contributed by atoms with van der Waals surface area (Å²) in [4.78, 5) is 0. The third kappa shape index (κ3) is 3.98. The quantitative estimate of drug-likeness (QED) is 0.867. The summed E-state index contributed by atoms with van der Waals surface area (Å²) in [5.74, 6) is 0.845. The molecule has 1 aromatic carbocycles. The second-order valence-electron chi connectivity index (χ2n) is 4.53. The molecule has 0 amide bonds. The number of benzene rings is 1. The summed E-state index contributed by atoms with van der Waals surface area (Å²) >= 11 is 0. The van der Waals surface area contributed by atoms with Gasteiger partial charge in [-0.3, -0.25) is 0 Å². The third-order valence-electron chi connectivity index (χ3n) is 3.07. The van der Waals surface area contributed by atoms with Gasteiger partial charge in [-0.15, -0.1) is 0 Å². The average Bonchev–Trinajstić information content (AvgIpc) is 2.40. The van der Waals surface area contributed by atoms with E-state index in [1.807, 2.05) is 24.3 Å². The molecule has 4 nitrogen and oxygen atoms in total. The molecule has 2 atom stereocenters. The second kappa shape index (κ2) is 6.73. The van der Waals surface area contributed by atoms with Crippen molar-refractivity contribution in [2.24, 2.45) is 0 Å². The highest BCUT2D eigenvalue weighted by atomic mass is 16.5. The minimum Gasteiger partial charge on any atom is -0.497 e. The van der Waals surface area contributed by atoms with Crippen LogP contribution in [-0.2, 0) is 16.1 Å². The molecule has 2 rings (SSSR count). The number of aliphatic hydroxyl groups is 1. The minimum absolute atomic E-state index is 0.0204. The zero-order valence-corrected chi connectivity index (χ0v) is 10.7. The molecule has 2 unspecified atom stereocenters. The number of rotatable bonds is 5. The largest absolute Gasteiger partial charge is 0.497 e. The number of hydrogen-bond donors (Lipinski definition) is 1. The molecule has 0 radical (unpaired) electrons. The van der Waals surface area contributed by atoms with Gasteiger partial charge < -0.3 is 19.3 Å². The van der Waals surface area contributed by atoms with Gasteiger partial charge in [-0.05, 0) is 24.1 Å². The Kier molecular flexibility index (Phi) is 4.99. The van der Waals surface area contributed by atoms with Crippen LogP contribution in [0.25, 0.3) is 0 Å². The highest BCUT2D eigenvalue weighted by molar-refractivity contribution is 5.26. The van der Waals surface area contributed by atoms with E-state index in [4.69, 9.17) is 14.2 Å². The van der Waals surface area contributed by atoms with Gasteiger partial charge in [0, 0.05) is 13.0 Å². The summed E-state index contributed by atoms with van der Waals surface area (Å²) < 4.78 is 16.2. The van der Waals surface area contributed by atoms with Crippen LogP contribution in [0.15, 0.2) is 24.3 Å². The first-order chi connectivity index (χ1) is 8.78. The lowest BCUT2D eigenvalue weighted by atomic mass is 10.1. The minimum atomic E-state index is -0.242. The van der Waals surface area contributed by atoms with Gasteiger partial charge in [0.1, 0.15) is 5.75 Å². The highest BCUT2D eigenvalue weighted by Gasteiger charge is 2.20. The SMILES string of the molecule is COc1ccc(COCC2CC(O)CCO2)cc1. The number of ether oxygens (including phenoxy) is 3. The second-order valence-corrected chi connectivity index (χ2v) is 4.53. The fraction of sp³-hybridized carbons (Fsp3) is 0.571. The maximum atomic E-state index is 9.50. The van der Waals surface area contributed by atoms with Gasteiger partial charge in [0.2, 0.25) is 0 Å². The van der Waals surface area contributed by atoms with Crippen LogP contribution in [-0.4, -0.2) is 37.6 Å². The van der Waals surface area contributed by atoms with Crippen LogP contribution in [0.5, 0.6) is 5.75 Å². The van der Waals surface area contributed by atoms with Crippen LogP contribution in [0.4, 0.5) is 0 Å². The van der Waals surface area contributed by atoms with Crippen molar-refractivity contribution in [3.05, 3.63) is 29.8 Å². The van der Waals surface area contributed by atoms with E-state index in [-0.39, 0.29) is 12.2 Å². The van der Waals surface area contributed by atoms with E-state index in [1.54, 1.807) is 7.11 Å². The van der Waals surface area contributed by atoms with Crippen molar-refractivity contribution in [2.75, 3.05) is 20.3 Å². The Morgan fingerprint density at radius 1 is 1.33 bits per heavy atom. The van der Waals surface area contributed by atoms with Crippen molar-refractivity contribution in [1.82, 2.24) is 0 Å². The molecule has 0 aliphatic carbocycles. The zero-order valence-electron chi connectivity index (χ0n) is 10.7. The molecule has 0 saturated carbocycles. The van der Waals surface area contributed by atoms with Gasteiger partial charge in [-0.2, -0.15) is 0 Å². The van der Waals surface area contributed by atoms with Gasteiger partial charge >= 0.3 is 0 Å². The summed E-state index contributed by atoms with van der Waals surface area (Å²) in [6.07, 6.45) is 1.18. The van der Waals surface area contributed by atoms with E-state index in [0.29, 0.717) is 26.2 Å². The van der Waals surface area contributed by atoms with Crippen molar-refractivity contribution < 1.29 is 19.3 Å². The van der Waals surface area contributed by atoms with Gasteiger partial charge in [-0.1, -0.05) is 12.1 Å². The molecule has 1 aromatic rings. The Hall–Kier alpha value is -1.10. The summed E-state index contributed by atoms with van der Waals surface area (Å²) in [6.45, 7) is 1.71. The van der Waals surface area contributed by atoms with E-state index < -0.39 is 0 Å². The van der Waals surface area contributed by atoms with Gasteiger partial charge in [-0.25, -0.2) is 0 Å². The predicted octanol–water partition coefficient (Wildman–Crippen LogP) is 1.75. The number of methoxy groups -OCH3 is 1. The molecular weight excluding hydrogens is 232 g/mol. The topological polar surface area (TPSA) is 47.9 Å². The van der Waals surface area contributed by atoms with Crippen molar-refractivity contribution in [3.63, 3.8) is 0 Å². The standard InChI is InChI=1S/C14H20O4/c1-16-13-4-2-11(3-5-13)9-17-10-14-8-12(15)6-7-18-14/h2-5,12,14-15H,6-10H2,1H3. The van der Waals surface area contributed by atoms with Gasteiger partial charge in [0.25, 0.3) is 0 Å². The molecule has 0 spiro atoms. The highest BCUT2D eigenvalue weighted by Crippen LogP contribution is 2.15. The van der Waals surface area contributed by atoms with Crippen molar-refractivity contribution in [1.29, 1.82) is 0 Å². The first kappa shape index (κ1) is 13.3. The molecule has 1 fully saturated rings. The van der Waals surface area contributed by atoms with Crippen LogP contribution in [0.2, 0.25) is 0 Å². The molecule has 1 N–H and O–H groups in total. The smallest absolute Gasteiger partial charge is 0.118 e. The summed E-state index contributed by atoms with van der Waals surface area (Å²) in [5.41, 5.74) is 1.10. The van der Waals surface area contributed by atoms with Crippen LogP contribution < -0.4 is 4.74 Å². The first-order valence-electron chi connectivity index (χ1n) is 6.28. The lowest BCUT2D eigenvalue weighted by Crippen LogP contribution is -2.32. The molecule has 1 heterocycles. The fourth-order valence-electron chi connectivity index (χ4n) is 2.01. The lowest BCUT2D eigenvalue weighted by Gasteiger charge is -2.26. The molecule has 0 aromatic heterocycles. The van der Waals surface area contributed by atoms with E-state index >= 15 is 0 Å². The van der Waals surface area contributed by atoms with Gasteiger partial charge in [0.15, 0.2) is 0 Å². The Bertz CT molecular complexity index is 349. The zero-order chi connectivity index (χ0) is 12.8. The van der Waals surface area contributed by atoms with E-state index in [0.717, 1.165) is 17.7 Å². The van der Waals surface area contributed by atoms with Crippen LogP contribution in [0.3, 0.4) is 0 Å². The van der Waals surface area contributed by atoms with Crippen LogP contribution in [0.1, 0.15) is 18.4 Å². The molecule has 18 heavy (non-hydrogen) atoms. The molecule has 1 aliphatic rings. The Morgan fingerprint density at radius 2 is 2.11 bits per heavy atom. The average molecular weight is 252 g/mol. The predicted molar refractivity (Wildman–Crippen MR) is 67.6 cm³/mol. The van der Waals surface area contributed by atoms with E-state index in [1.165, 1.54) is 0 Å². The van der Waals surface area contributed by atoms with Gasteiger partial charge in [0.05, 0.1) is 32.5 Å². The van der Waals surface area contributed by atoms with Crippen LogP contribution in [0, 0.1) is 0 Å². The third-order valence-corrected chi connectivity index (χ3v) is 3.07. The Balaban J connectivity index is 1.70. The summed E-state index contributed by atoms with van der Waals surface area (Å²) in [7, 11) is 1.65. The van der Waals surface area contributed by atoms with Crippen molar-refractivity contribution in [3.8, 4) is 5.75 Å². The van der Waals surface area contributed by atoms with E-state index in [9.17, 15) is 5.11 Å². The number of hydrogen-bond acceptors (Lipinski definition) is 4. The molecular formula is C14H20O4. The van der Waals surface area contributed by atoms with Crippen LogP contribution >= 0.6 is 0 Å². The molecule has 1 saturated heterocycles. The maximum Gasteiger partial charge on any atom is 0.118 e. The summed E-state index contributed by atoms with van der Waals surface area (Å²) in [5, 5.41) is 9.50. The molecule has 1 aliphatic heterocycles. The monoisotopic (exact) mass is 252 g/mol. The first-order valence-corrected chi connectivity index (χ1v) is 6.28. The Morgan fingerprint density at radius 3 is 2.78 bits per heavy atom. The molecule has 4 heteroatoms. The Labute approximate surface area is 107 Å². The van der Waals surface area contributed by atoms with Crippen molar-refractivity contribution >= 4 is 0 Å².